The van der Waals surface area contributed by atoms with Crippen LogP contribution in [0.5, 0.6) is 11.5 Å². The van der Waals surface area contributed by atoms with Crippen molar-refractivity contribution in [3.8, 4) is 11.5 Å². The van der Waals surface area contributed by atoms with Gasteiger partial charge in [0.25, 0.3) is 0 Å². The minimum absolute atomic E-state index is 0.0662. The van der Waals surface area contributed by atoms with E-state index in [0.717, 1.165) is 37.0 Å². The second-order valence-electron chi connectivity index (χ2n) is 9.28. The Morgan fingerprint density at radius 2 is 1.86 bits per heavy atom. The number of anilines is 1. The summed E-state index contributed by atoms with van der Waals surface area (Å²) >= 11 is 1.55. The fourth-order valence-corrected chi connectivity index (χ4v) is 5.70. The Morgan fingerprint density at radius 3 is 2.59 bits per heavy atom. The number of hydrogen-bond donors (Lipinski definition) is 1. The van der Waals surface area contributed by atoms with E-state index in [0.29, 0.717) is 33.9 Å². The van der Waals surface area contributed by atoms with Crippen LogP contribution in [0.15, 0.2) is 65.0 Å². The van der Waals surface area contributed by atoms with E-state index < -0.39 is 6.04 Å². The van der Waals surface area contributed by atoms with Gasteiger partial charge in [0.2, 0.25) is 11.1 Å². The van der Waals surface area contributed by atoms with Gasteiger partial charge in [-0.1, -0.05) is 48.5 Å². The highest BCUT2D eigenvalue weighted by Gasteiger charge is 2.38. The lowest BCUT2D eigenvalue weighted by atomic mass is 9.94. The molecule has 2 aromatic carbocycles. The molecule has 1 aliphatic heterocycles. The van der Waals surface area contributed by atoms with Crippen LogP contribution in [0.4, 0.5) is 5.95 Å². The minimum Gasteiger partial charge on any atom is -0.497 e. The first-order valence-corrected chi connectivity index (χ1v) is 13.6. The van der Waals surface area contributed by atoms with E-state index in [1.807, 2.05) is 43.3 Å². The topological polar surface area (TPSA) is 87.5 Å². The molecule has 0 radical (unpaired) electrons. The van der Waals surface area contributed by atoms with E-state index in [4.69, 9.17) is 24.3 Å². The Labute approximate surface area is 221 Å². The van der Waals surface area contributed by atoms with Crippen molar-refractivity contribution < 1.29 is 19.0 Å². The molecule has 0 bridgehead atoms. The van der Waals surface area contributed by atoms with Gasteiger partial charge >= 0.3 is 5.97 Å². The third kappa shape index (κ3) is 5.46. The van der Waals surface area contributed by atoms with Gasteiger partial charge in [0, 0.05) is 17.0 Å². The molecule has 1 N–H and O–H groups in total. The molecule has 0 spiro atoms. The first-order valence-electron chi connectivity index (χ1n) is 12.6. The number of esters is 1. The Bertz CT molecular complexity index is 1280. The van der Waals surface area contributed by atoms with Crippen LogP contribution < -0.4 is 14.8 Å². The molecule has 2 heterocycles. The van der Waals surface area contributed by atoms with Crippen LogP contribution in [0, 0.1) is 0 Å². The predicted octanol–water partition coefficient (Wildman–Crippen LogP) is 5.75. The average Bonchev–Trinajstić information content (AvgIpc) is 3.34. The van der Waals surface area contributed by atoms with Gasteiger partial charge in [-0.15, -0.1) is 5.10 Å². The number of rotatable bonds is 8. The van der Waals surface area contributed by atoms with E-state index in [2.05, 4.69) is 17.4 Å². The van der Waals surface area contributed by atoms with Crippen molar-refractivity contribution in [1.29, 1.82) is 0 Å². The molecule has 37 heavy (non-hydrogen) atoms. The van der Waals surface area contributed by atoms with E-state index in [-0.39, 0.29) is 12.1 Å². The standard InChI is InChI=1S/C28H32N4O4S/c1-18-24(26(33)36-20-12-8-5-9-13-20)25(22-16-21(34-2)14-15-23(22)35-3)32-27(29-18)30-28(31-32)37-17-19-10-6-4-7-11-19/h4,6-7,10-11,14-16,20,25H,5,8-9,12-13,17H2,1-3H3,(H,29,30,31). The first kappa shape index (κ1) is 25.2. The lowest BCUT2D eigenvalue weighted by Crippen LogP contribution is -2.32. The summed E-state index contributed by atoms with van der Waals surface area (Å²) in [7, 11) is 3.24. The van der Waals surface area contributed by atoms with E-state index >= 15 is 0 Å². The highest BCUT2D eigenvalue weighted by molar-refractivity contribution is 7.98. The molecule has 1 saturated carbocycles. The average molecular weight is 521 g/mol. The summed E-state index contributed by atoms with van der Waals surface area (Å²) in [6, 6.07) is 15.2. The van der Waals surface area contributed by atoms with Crippen LogP contribution in [0.25, 0.3) is 0 Å². The maximum atomic E-state index is 13.7. The van der Waals surface area contributed by atoms with Crippen molar-refractivity contribution >= 4 is 23.7 Å². The maximum absolute atomic E-state index is 13.7. The zero-order chi connectivity index (χ0) is 25.8. The van der Waals surface area contributed by atoms with Crippen LogP contribution in [-0.4, -0.2) is 41.1 Å². The van der Waals surface area contributed by atoms with Gasteiger partial charge in [-0.05, 0) is 56.4 Å². The van der Waals surface area contributed by atoms with Crippen molar-refractivity contribution in [2.45, 2.75) is 62.1 Å². The van der Waals surface area contributed by atoms with Crippen LogP contribution in [-0.2, 0) is 15.3 Å². The van der Waals surface area contributed by atoms with E-state index in [1.54, 1.807) is 30.7 Å². The number of hydrogen-bond acceptors (Lipinski definition) is 8. The third-order valence-electron chi connectivity index (χ3n) is 6.82. The quantitative estimate of drug-likeness (QED) is 0.297. The van der Waals surface area contributed by atoms with Gasteiger partial charge in [0.1, 0.15) is 23.6 Å². The van der Waals surface area contributed by atoms with Gasteiger partial charge < -0.3 is 19.5 Å². The smallest absolute Gasteiger partial charge is 0.338 e. The molecular weight excluding hydrogens is 488 g/mol. The number of thioether (sulfide) groups is 1. The summed E-state index contributed by atoms with van der Waals surface area (Å²) < 4.78 is 19.0. The van der Waals surface area contributed by atoms with Gasteiger partial charge in [0.15, 0.2) is 0 Å². The van der Waals surface area contributed by atoms with Gasteiger partial charge in [0.05, 0.1) is 19.8 Å². The van der Waals surface area contributed by atoms with Crippen molar-refractivity contribution in [3.05, 3.63) is 70.9 Å². The zero-order valence-electron chi connectivity index (χ0n) is 21.4. The second-order valence-corrected chi connectivity index (χ2v) is 10.2. The van der Waals surface area contributed by atoms with Crippen molar-refractivity contribution in [2.75, 3.05) is 19.5 Å². The Morgan fingerprint density at radius 1 is 1.08 bits per heavy atom. The molecule has 194 valence electrons. The first-order chi connectivity index (χ1) is 18.1. The van der Waals surface area contributed by atoms with E-state index in [9.17, 15) is 4.79 Å². The highest BCUT2D eigenvalue weighted by Crippen LogP contribution is 2.42. The molecule has 1 aliphatic carbocycles. The fraction of sp³-hybridized carbons (Fsp3) is 0.393. The Balaban J connectivity index is 1.53. The molecular formula is C28H32N4O4S. The molecule has 1 aromatic heterocycles. The van der Waals surface area contributed by atoms with Gasteiger partial charge in [-0.2, -0.15) is 4.98 Å². The zero-order valence-corrected chi connectivity index (χ0v) is 22.2. The molecule has 8 nitrogen and oxygen atoms in total. The number of nitrogens with zero attached hydrogens (tertiary/aromatic N) is 3. The van der Waals surface area contributed by atoms with Crippen LogP contribution in [0.2, 0.25) is 0 Å². The monoisotopic (exact) mass is 520 g/mol. The lowest BCUT2D eigenvalue weighted by molar-refractivity contribution is -0.146. The number of ether oxygens (including phenoxy) is 3. The molecule has 9 heteroatoms. The number of carbonyl (C=O) groups is 1. The number of methoxy groups -OCH3 is 2. The number of nitrogens with one attached hydrogen (secondary N) is 1. The number of carbonyl (C=O) groups excluding carboxylic acids is 1. The number of benzene rings is 2. The second kappa shape index (κ2) is 11.3. The number of aromatic nitrogens is 3. The lowest BCUT2D eigenvalue weighted by Gasteiger charge is -2.30. The molecule has 1 unspecified atom stereocenters. The van der Waals surface area contributed by atoms with E-state index in [1.165, 1.54) is 12.0 Å². The molecule has 1 atom stereocenters. The SMILES string of the molecule is COc1ccc(OC)c(C2C(C(=O)OC3CCCCC3)=C(C)Nc3nc(SCc4ccccc4)nn32)c1. The Kier molecular flexibility index (Phi) is 7.69. The molecule has 0 amide bonds. The molecule has 2 aliphatic rings. The highest BCUT2D eigenvalue weighted by atomic mass is 32.2. The largest absolute Gasteiger partial charge is 0.497 e. The van der Waals surface area contributed by atoms with Crippen LogP contribution in [0.3, 0.4) is 0 Å². The summed E-state index contributed by atoms with van der Waals surface area (Å²) in [5.74, 6) is 2.25. The minimum atomic E-state index is -0.587. The summed E-state index contributed by atoms with van der Waals surface area (Å²) in [4.78, 5) is 18.4. The summed E-state index contributed by atoms with van der Waals surface area (Å²) in [5.41, 5.74) is 3.12. The van der Waals surface area contributed by atoms with Gasteiger partial charge in [-0.3, -0.25) is 0 Å². The number of fused-ring (bicyclic) bond motifs is 1. The third-order valence-corrected chi connectivity index (χ3v) is 7.73. The summed E-state index contributed by atoms with van der Waals surface area (Å²) in [6.45, 7) is 1.88. The molecule has 3 aromatic rings. The molecule has 5 rings (SSSR count). The van der Waals surface area contributed by atoms with Crippen molar-refractivity contribution in [2.24, 2.45) is 0 Å². The Hall–Kier alpha value is -3.46. The van der Waals surface area contributed by atoms with Crippen LogP contribution >= 0.6 is 11.8 Å². The van der Waals surface area contributed by atoms with Crippen LogP contribution in [0.1, 0.15) is 56.2 Å². The molecule has 0 saturated heterocycles. The molecule has 1 fully saturated rings. The predicted molar refractivity (Wildman–Crippen MR) is 143 cm³/mol. The fourth-order valence-electron chi connectivity index (χ4n) is 4.92. The maximum Gasteiger partial charge on any atom is 0.338 e. The summed E-state index contributed by atoms with van der Waals surface area (Å²) in [6.07, 6.45) is 5.07. The van der Waals surface area contributed by atoms with Crippen molar-refractivity contribution in [3.63, 3.8) is 0 Å². The van der Waals surface area contributed by atoms with Crippen molar-refractivity contribution in [1.82, 2.24) is 14.8 Å². The summed E-state index contributed by atoms with van der Waals surface area (Å²) in [5, 5.41) is 8.75. The van der Waals surface area contributed by atoms with Gasteiger partial charge in [-0.25, -0.2) is 9.48 Å². The normalized spacial score (nSPS) is 17.6. The number of allylic oxidation sites excluding steroid dienone is 1.